The van der Waals surface area contributed by atoms with E-state index in [2.05, 4.69) is 6.92 Å². The molecule has 1 unspecified atom stereocenters. The fourth-order valence-corrected chi connectivity index (χ4v) is 2.47. The third-order valence-corrected chi connectivity index (χ3v) is 3.68. The molecule has 0 amide bonds. The largest absolute Gasteiger partial charge is 0.118 e. The van der Waals surface area contributed by atoms with Gasteiger partial charge in [0.1, 0.15) is 0 Å². The summed E-state index contributed by atoms with van der Waals surface area (Å²) in [5.74, 6) is 0. The highest BCUT2D eigenvalue weighted by Crippen LogP contribution is 2.30. The molecule has 0 bridgehead atoms. The van der Waals surface area contributed by atoms with Crippen LogP contribution in [0.25, 0.3) is 0 Å². The van der Waals surface area contributed by atoms with Crippen LogP contribution >= 0.6 is 23.2 Å². The minimum absolute atomic E-state index is 0.172. The quantitative estimate of drug-likeness (QED) is 0.584. The van der Waals surface area contributed by atoms with Crippen molar-refractivity contribution in [3.63, 3.8) is 0 Å². The maximum absolute atomic E-state index is 6.23. The number of rotatable bonds is 2. The predicted octanol–water partition coefficient (Wildman–Crippen LogP) is 4.85. The predicted molar refractivity (Wildman–Crippen MR) is 60.5 cm³/mol. The molecule has 1 aliphatic carbocycles. The molecular weight excluding hydrogens is 203 g/mol. The molecule has 0 aromatic heterocycles. The fraction of sp³-hybridized carbons (Fsp3) is 0.818. The van der Waals surface area contributed by atoms with Crippen LogP contribution < -0.4 is 0 Å². The normalized spacial score (nSPS) is 22.4. The van der Waals surface area contributed by atoms with E-state index in [0.29, 0.717) is 0 Å². The molecule has 2 heteroatoms. The average Bonchev–Trinajstić information content (AvgIpc) is 2.11. The van der Waals surface area contributed by atoms with Crippen molar-refractivity contribution in [2.24, 2.45) is 0 Å². The zero-order valence-electron chi connectivity index (χ0n) is 8.28. The molecule has 76 valence electrons. The average molecular weight is 221 g/mol. The summed E-state index contributed by atoms with van der Waals surface area (Å²) in [5.41, 5.74) is 1.31. The van der Waals surface area contributed by atoms with E-state index in [1.165, 1.54) is 31.3 Å². The van der Waals surface area contributed by atoms with Crippen LogP contribution in [0.3, 0.4) is 0 Å². The summed E-state index contributed by atoms with van der Waals surface area (Å²) in [5, 5.41) is 1.21. The molecule has 0 nitrogen and oxygen atoms in total. The lowest BCUT2D eigenvalue weighted by atomic mass is 9.96. The Bertz CT molecular complexity index is 185. The lowest BCUT2D eigenvalue weighted by Crippen LogP contribution is -2.05. The van der Waals surface area contributed by atoms with Gasteiger partial charge in [-0.1, -0.05) is 31.4 Å². The van der Waals surface area contributed by atoms with Crippen molar-refractivity contribution in [3.05, 3.63) is 10.6 Å². The van der Waals surface area contributed by atoms with E-state index < -0.39 is 0 Å². The SMILES string of the molecule is CCC(Cl)C1=C(Cl)CCCCCC1. The summed E-state index contributed by atoms with van der Waals surface area (Å²) < 4.78 is 0. The number of hydrogen-bond donors (Lipinski definition) is 0. The Hall–Kier alpha value is 0.320. The highest BCUT2D eigenvalue weighted by molar-refractivity contribution is 6.31. The first-order valence-electron chi connectivity index (χ1n) is 5.27. The Morgan fingerprint density at radius 1 is 1.15 bits per heavy atom. The van der Waals surface area contributed by atoms with Crippen LogP contribution in [0.4, 0.5) is 0 Å². The zero-order chi connectivity index (χ0) is 9.68. The van der Waals surface area contributed by atoms with Crippen molar-refractivity contribution in [2.75, 3.05) is 0 Å². The first-order valence-corrected chi connectivity index (χ1v) is 6.08. The molecule has 0 saturated heterocycles. The first kappa shape index (κ1) is 11.4. The molecule has 0 aromatic carbocycles. The van der Waals surface area contributed by atoms with E-state index in [1.54, 1.807) is 0 Å². The number of allylic oxidation sites excluding steroid dienone is 2. The Balaban J connectivity index is 2.67. The second-order valence-corrected chi connectivity index (χ2v) is 4.70. The van der Waals surface area contributed by atoms with E-state index >= 15 is 0 Å². The lowest BCUT2D eigenvalue weighted by Gasteiger charge is -2.17. The van der Waals surface area contributed by atoms with Crippen LogP contribution in [0.5, 0.6) is 0 Å². The van der Waals surface area contributed by atoms with Crippen molar-refractivity contribution < 1.29 is 0 Å². The molecule has 1 aliphatic rings. The third kappa shape index (κ3) is 3.52. The molecule has 13 heavy (non-hydrogen) atoms. The van der Waals surface area contributed by atoms with Gasteiger partial charge in [-0.25, -0.2) is 0 Å². The smallest absolute Gasteiger partial charge is 0.0556 e. The summed E-state index contributed by atoms with van der Waals surface area (Å²) in [6.45, 7) is 2.12. The minimum atomic E-state index is 0.172. The molecule has 0 radical (unpaired) electrons. The molecule has 1 atom stereocenters. The van der Waals surface area contributed by atoms with Gasteiger partial charge >= 0.3 is 0 Å². The molecule has 0 aliphatic heterocycles. The van der Waals surface area contributed by atoms with Crippen molar-refractivity contribution in [3.8, 4) is 0 Å². The van der Waals surface area contributed by atoms with Gasteiger partial charge in [-0.3, -0.25) is 0 Å². The van der Waals surface area contributed by atoms with Gasteiger partial charge in [0, 0.05) is 5.03 Å². The van der Waals surface area contributed by atoms with Gasteiger partial charge in [0.05, 0.1) is 5.38 Å². The van der Waals surface area contributed by atoms with E-state index in [9.17, 15) is 0 Å². The molecule has 1 rings (SSSR count). The Labute approximate surface area is 91.3 Å². The van der Waals surface area contributed by atoms with Gasteiger partial charge in [-0.2, -0.15) is 0 Å². The van der Waals surface area contributed by atoms with Crippen LogP contribution in [0.2, 0.25) is 0 Å². The zero-order valence-corrected chi connectivity index (χ0v) is 9.79. The Morgan fingerprint density at radius 2 is 1.77 bits per heavy atom. The van der Waals surface area contributed by atoms with E-state index in [-0.39, 0.29) is 5.38 Å². The van der Waals surface area contributed by atoms with Crippen LogP contribution in [0.1, 0.15) is 51.9 Å². The van der Waals surface area contributed by atoms with Crippen molar-refractivity contribution in [1.29, 1.82) is 0 Å². The second kappa shape index (κ2) is 5.93. The first-order chi connectivity index (χ1) is 6.25. The Morgan fingerprint density at radius 3 is 2.38 bits per heavy atom. The summed E-state index contributed by atoms with van der Waals surface area (Å²) in [6.07, 6.45) is 8.29. The second-order valence-electron chi connectivity index (χ2n) is 3.72. The summed E-state index contributed by atoms with van der Waals surface area (Å²) in [7, 11) is 0. The summed E-state index contributed by atoms with van der Waals surface area (Å²) in [4.78, 5) is 0. The maximum Gasteiger partial charge on any atom is 0.0556 e. The maximum atomic E-state index is 6.23. The molecular formula is C11H18Cl2. The van der Waals surface area contributed by atoms with Crippen LogP contribution in [0, 0.1) is 0 Å². The van der Waals surface area contributed by atoms with Gasteiger partial charge in [0.2, 0.25) is 0 Å². The Kier molecular flexibility index (Phi) is 5.20. The van der Waals surface area contributed by atoms with Crippen LogP contribution in [-0.2, 0) is 0 Å². The van der Waals surface area contributed by atoms with Gasteiger partial charge in [-0.05, 0) is 37.7 Å². The van der Waals surface area contributed by atoms with Crippen molar-refractivity contribution >= 4 is 23.2 Å². The van der Waals surface area contributed by atoms with Crippen molar-refractivity contribution in [1.82, 2.24) is 0 Å². The van der Waals surface area contributed by atoms with Crippen LogP contribution in [0.15, 0.2) is 10.6 Å². The topological polar surface area (TPSA) is 0 Å². The van der Waals surface area contributed by atoms with Crippen LogP contribution in [-0.4, -0.2) is 5.38 Å². The number of hydrogen-bond acceptors (Lipinski definition) is 0. The molecule has 0 saturated carbocycles. The summed E-state index contributed by atoms with van der Waals surface area (Å²) >= 11 is 12.5. The molecule has 0 heterocycles. The van der Waals surface area contributed by atoms with Gasteiger partial charge in [0.25, 0.3) is 0 Å². The van der Waals surface area contributed by atoms with Gasteiger partial charge < -0.3 is 0 Å². The highest BCUT2D eigenvalue weighted by atomic mass is 35.5. The van der Waals surface area contributed by atoms with Crippen molar-refractivity contribution in [2.45, 2.75) is 57.2 Å². The minimum Gasteiger partial charge on any atom is -0.118 e. The molecule has 0 N–H and O–H groups in total. The molecule has 0 fully saturated rings. The van der Waals surface area contributed by atoms with Gasteiger partial charge in [0.15, 0.2) is 0 Å². The van der Waals surface area contributed by atoms with E-state index in [1.807, 2.05) is 0 Å². The molecule has 0 spiro atoms. The highest BCUT2D eigenvalue weighted by Gasteiger charge is 2.14. The summed E-state index contributed by atoms with van der Waals surface area (Å²) in [6, 6.07) is 0. The number of halogens is 2. The van der Waals surface area contributed by atoms with E-state index in [0.717, 1.165) is 24.3 Å². The standard InChI is InChI=1S/C11H18Cl2/c1-2-10(12)9-7-5-3-4-6-8-11(9)13/h10H,2-8H2,1H3. The van der Waals surface area contributed by atoms with Gasteiger partial charge in [-0.15, -0.1) is 11.6 Å². The lowest BCUT2D eigenvalue weighted by molar-refractivity contribution is 0.609. The third-order valence-electron chi connectivity index (χ3n) is 2.68. The monoisotopic (exact) mass is 220 g/mol. The van der Waals surface area contributed by atoms with E-state index in [4.69, 9.17) is 23.2 Å². The fourth-order valence-electron chi connectivity index (χ4n) is 1.82. The number of alkyl halides is 1. The molecule has 0 aromatic rings.